The summed E-state index contributed by atoms with van der Waals surface area (Å²) in [4.78, 5) is 9.66. The van der Waals surface area contributed by atoms with Crippen LogP contribution >= 0.6 is 0 Å². The Morgan fingerprint density at radius 2 is 1.90 bits per heavy atom. The van der Waals surface area contributed by atoms with Crippen LogP contribution in [-0.4, -0.2) is 18.8 Å². The molecular weight excluding hydrogens is 531 g/mol. The van der Waals surface area contributed by atoms with E-state index in [0.717, 1.165) is 59.0 Å². The van der Waals surface area contributed by atoms with Crippen LogP contribution in [0.5, 0.6) is 0 Å². The molecule has 0 radical (unpaired) electrons. The smallest absolute Gasteiger partial charge is 0.227 e. The molecule has 210 valence electrons. The molecule has 2 unspecified atom stereocenters. The lowest BCUT2D eigenvalue weighted by Gasteiger charge is -2.33. The number of nitrogens with zero attached hydrogens (tertiary/aromatic N) is 3. The van der Waals surface area contributed by atoms with Crippen LogP contribution in [0.2, 0.25) is 19.6 Å². The maximum Gasteiger partial charge on any atom is 0.227 e. The molecule has 0 saturated carbocycles. The standard InChI is InChI=1S/C37H38N3OSi/c1-7-24-21-33-27-13-10-9-12-26(27)28-17-15-25-16-18-29-30-14-11-19-38-37(30)41-36(29)35(25)31(8-2)39-23(3)20-32(28)40(33)22-34(24)42(4,5)6/h8-14,16,18-19,21-22,28,32H,2-3,7,15,17,20H2,1,4-6H3/q+1. The zero-order valence-corrected chi connectivity index (χ0v) is 26.1. The van der Waals surface area contributed by atoms with E-state index in [0.29, 0.717) is 11.6 Å². The van der Waals surface area contributed by atoms with Crippen LogP contribution in [0, 0.1) is 0 Å². The Morgan fingerprint density at radius 1 is 1.07 bits per heavy atom. The summed E-state index contributed by atoms with van der Waals surface area (Å²) in [7, 11) is -1.57. The Kier molecular flexibility index (Phi) is 6.39. The van der Waals surface area contributed by atoms with Crippen molar-refractivity contribution in [2.24, 2.45) is 4.99 Å². The van der Waals surface area contributed by atoms with Crippen molar-refractivity contribution in [3.8, 4) is 11.3 Å². The van der Waals surface area contributed by atoms with Crippen LogP contribution in [-0.2, 0) is 12.8 Å². The number of aryl methyl sites for hydroxylation is 2. The van der Waals surface area contributed by atoms with Crippen LogP contribution in [0.4, 0.5) is 0 Å². The number of hydrogen-bond donors (Lipinski definition) is 0. The Labute approximate surface area is 249 Å². The Hall–Kier alpha value is -4.09. The van der Waals surface area contributed by atoms with Crippen LogP contribution in [0.1, 0.15) is 54.0 Å². The second kappa shape index (κ2) is 10.0. The van der Waals surface area contributed by atoms with Gasteiger partial charge in [-0.05, 0) is 60.2 Å². The molecule has 0 fully saturated rings. The number of benzene rings is 2. The van der Waals surface area contributed by atoms with Gasteiger partial charge in [-0.2, -0.15) is 4.57 Å². The second-order valence-electron chi connectivity index (χ2n) is 12.8. The Balaban J connectivity index is 1.44. The van der Waals surface area contributed by atoms with Gasteiger partial charge in [0, 0.05) is 51.0 Å². The van der Waals surface area contributed by atoms with Crippen molar-refractivity contribution < 1.29 is 8.98 Å². The van der Waals surface area contributed by atoms with Gasteiger partial charge in [0.2, 0.25) is 11.4 Å². The molecule has 2 aromatic carbocycles. The van der Waals surface area contributed by atoms with Gasteiger partial charge in [0.25, 0.3) is 0 Å². The molecule has 5 aromatic rings. The average Bonchev–Trinajstić information content (AvgIpc) is 3.37. The third-order valence-electron chi connectivity index (χ3n) is 9.25. The lowest BCUT2D eigenvalue weighted by molar-refractivity contribution is -0.717. The molecular formula is C37H38N3OSi+. The summed E-state index contributed by atoms with van der Waals surface area (Å²) >= 11 is 0. The third kappa shape index (κ3) is 4.21. The van der Waals surface area contributed by atoms with Crippen molar-refractivity contribution in [2.45, 2.75) is 64.2 Å². The summed E-state index contributed by atoms with van der Waals surface area (Å²) in [6.07, 6.45) is 9.89. The molecule has 4 nitrogen and oxygen atoms in total. The van der Waals surface area contributed by atoms with Gasteiger partial charge in [-0.1, -0.05) is 70.1 Å². The van der Waals surface area contributed by atoms with Crippen molar-refractivity contribution in [2.75, 3.05) is 0 Å². The molecule has 2 aliphatic heterocycles. The van der Waals surface area contributed by atoms with Gasteiger partial charge in [0.1, 0.15) is 5.58 Å². The first-order valence-corrected chi connectivity index (χ1v) is 18.6. The molecule has 3 aromatic heterocycles. The van der Waals surface area contributed by atoms with Gasteiger partial charge in [-0.15, -0.1) is 0 Å². The van der Waals surface area contributed by atoms with Crippen molar-refractivity contribution in [3.05, 3.63) is 114 Å². The highest BCUT2D eigenvalue weighted by atomic mass is 28.3. The molecule has 0 amide bonds. The van der Waals surface area contributed by atoms with E-state index in [9.17, 15) is 0 Å². The van der Waals surface area contributed by atoms with Gasteiger partial charge in [0.05, 0.1) is 20.2 Å². The molecule has 0 bridgehead atoms. The number of aromatic nitrogens is 2. The highest BCUT2D eigenvalue weighted by molar-refractivity contribution is 6.89. The molecule has 42 heavy (non-hydrogen) atoms. The quantitative estimate of drug-likeness (QED) is 0.163. The topological polar surface area (TPSA) is 42.3 Å². The van der Waals surface area contributed by atoms with Gasteiger partial charge in [0.15, 0.2) is 12.2 Å². The minimum Gasteiger partial charge on any atom is -0.437 e. The van der Waals surface area contributed by atoms with Crippen LogP contribution < -0.4 is 9.75 Å². The SMILES string of the molecule is C=CC1=NC(=C)CC2C(CCc3ccc4c(oc5ncccc54)c31)c1ccccc1-c1cc(CC)c([Si](C)(C)C)c[n+]12. The van der Waals surface area contributed by atoms with E-state index in [-0.39, 0.29) is 6.04 Å². The first kappa shape index (κ1) is 26.8. The van der Waals surface area contributed by atoms with Crippen LogP contribution in [0.15, 0.2) is 101 Å². The van der Waals surface area contributed by atoms with Crippen LogP contribution in [0.25, 0.3) is 33.3 Å². The number of hydrogen-bond acceptors (Lipinski definition) is 3. The number of furan rings is 1. The lowest BCUT2D eigenvalue weighted by Crippen LogP contribution is -2.53. The lowest BCUT2D eigenvalue weighted by atomic mass is 9.77. The summed E-state index contributed by atoms with van der Waals surface area (Å²) in [6, 6.07) is 20.2. The van der Waals surface area contributed by atoms with Crippen LogP contribution in [0.3, 0.4) is 0 Å². The number of aliphatic imine (C=N–C) groups is 1. The number of fused-ring (bicyclic) bond motifs is 11. The van der Waals surface area contributed by atoms with E-state index in [1.807, 2.05) is 12.1 Å². The zero-order chi connectivity index (χ0) is 29.2. The van der Waals surface area contributed by atoms with Crippen molar-refractivity contribution in [1.29, 1.82) is 0 Å². The highest BCUT2D eigenvalue weighted by Gasteiger charge is 2.42. The van der Waals surface area contributed by atoms with Gasteiger partial charge in [-0.25, -0.2) is 4.98 Å². The van der Waals surface area contributed by atoms with Crippen molar-refractivity contribution >= 4 is 41.0 Å². The average molecular weight is 569 g/mol. The van der Waals surface area contributed by atoms with E-state index in [2.05, 4.69) is 104 Å². The van der Waals surface area contributed by atoms with Crippen molar-refractivity contribution in [1.82, 2.24) is 4.98 Å². The van der Waals surface area contributed by atoms with E-state index in [1.54, 1.807) is 11.4 Å². The monoisotopic (exact) mass is 568 g/mol. The summed E-state index contributed by atoms with van der Waals surface area (Å²) in [5.74, 6) is 0.332. The summed E-state index contributed by atoms with van der Waals surface area (Å²) in [5.41, 5.74) is 11.0. The molecule has 5 heterocycles. The zero-order valence-electron chi connectivity index (χ0n) is 25.1. The summed E-state index contributed by atoms with van der Waals surface area (Å²) in [5, 5.41) is 3.63. The Morgan fingerprint density at radius 3 is 2.69 bits per heavy atom. The predicted molar refractivity (Wildman–Crippen MR) is 177 cm³/mol. The molecule has 0 spiro atoms. The summed E-state index contributed by atoms with van der Waals surface area (Å²) in [6.45, 7) is 18.4. The van der Waals surface area contributed by atoms with E-state index >= 15 is 0 Å². The molecule has 0 aliphatic carbocycles. The fraction of sp³-hybridized carbons (Fsp3) is 0.270. The molecule has 2 atom stereocenters. The Bertz CT molecular complexity index is 1940. The van der Waals surface area contributed by atoms with E-state index in [4.69, 9.17) is 9.41 Å². The number of rotatable bonds is 3. The fourth-order valence-corrected chi connectivity index (χ4v) is 9.03. The number of allylic oxidation sites excluding steroid dienone is 2. The molecule has 2 aliphatic rings. The van der Waals surface area contributed by atoms with E-state index in [1.165, 1.54) is 27.9 Å². The predicted octanol–water partition coefficient (Wildman–Crippen LogP) is 8.21. The minimum atomic E-state index is -1.57. The summed E-state index contributed by atoms with van der Waals surface area (Å²) < 4.78 is 8.98. The minimum absolute atomic E-state index is 0.235. The second-order valence-corrected chi connectivity index (χ2v) is 17.9. The number of pyridine rings is 2. The maximum atomic E-state index is 6.39. The maximum absolute atomic E-state index is 6.39. The van der Waals surface area contributed by atoms with Gasteiger partial charge < -0.3 is 4.42 Å². The van der Waals surface area contributed by atoms with E-state index < -0.39 is 8.07 Å². The van der Waals surface area contributed by atoms with Crippen molar-refractivity contribution in [3.63, 3.8) is 0 Å². The highest BCUT2D eigenvalue weighted by Crippen LogP contribution is 2.44. The molecule has 7 rings (SSSR count). The largest absolute Gasteiger partial charge is 0.437 e. The first-order valence-electron chi connectivity index (χ1n) is 15.1. The molecule has 0 N–H and O–H groups in total. The van der Waals surface area contributed by atoms with Gasteiger partial charge >= 0.3 is 0 Å². The first-order chi connectivity index (χ1) is 20.3. The molecule has 0 saturated heterocycles. The third-order valence-corrected chi connectivity index (χ3v) is 11.3. The molecule has 5 heteroatoms. The normalized spacial score (nSPS) is 18.6. The fourth-order valence-electron chi connectivity index (χ4n) is 7.29. The van der Waals surface area contributed by atoms with Gasteiger partial charge in [-0.3, -0.25) is 4.99 Å².